The second kappa shape index (κ2) is 9.24. The number of methoxy groups -OCH3 is 3. The molecule has 0 aliphatic rings. The van der Waals surface area contributed by atoms with E-state index in [1.165, 1.54) is 51.7 Å². The number of benzene rings is 2. The zero-order valence-corrected chi connectivity index (χ0v) is 16.1. The van der Waals surface area contributed by atoms with E-state index < -0.39 is 10.0 Å². The Bertz CT molecular complexity index is 898. The predicted molar refractivity (Wildman–Crippen MR) is 101 cm³/mol. The highest BCUT2D eigenvalue weighted by molar-refractivity contribution is 7.92. The van der Waals surface area contributed by atoms with Gasteiger partial charge in [-0.15, -0.1) is 0 Å². The Morgan fingerprint density at radius 1 is 1.04 bits per heavy atom. The monoisotopic (exact) mass is 394 g/mol. The van der Waals surface area contributed by atoms with Crippen LogP contribution in [0.2, 0.25) is 0 Å². The molecule has 9 heteroatoms. The van der Waals surface area contributed by atoms with Crippen LogP contribution in [0.4, 0.5) is 5.69 Å². The summed E-state index contributed by atoms with van der Waals surface area (Å²) in [6.07, 6.45) is 0. The SMILES string of the molecule is COCCNC(=O)c1cccc(S(=O)(=O)Nc2ccc(OC)cc2OC)c1. The van der Waals surface area contributed by atoms with Gasteiger partial charge in [0, 0.05) is 25.3 Å². The van der Waals surface area contributed by atoms with Gasteiger partial charge in [-0.25, -0.2) is 8.42 Å². The van der Waals surface area contributed by atoms with Crippen LogP contribution in [0.25, 0.3) is 0 Å². The molecule has 0 saturated heterocycles. The molecule has 2 aromatic rings. The second-order valence-corrected chi connectivity index (χ2v) is 7.13. The third-order valence-electron chi connectivity index (χ3n) is 3.65. The van der Waals surface area contributed by atoms with Gasteiger partial charge in [-0.1, -0.05) is 6.07 Å². The van der Waals surface area contributed by atoms with Crippen molar-refractivity contribution >= 4 is 21.6 Å². The predicted octanol–water partition coefficient (Wildman–Crippen LogP) is 1.88. The van der Waals surface area contributed by atoms with Crippen LogP contribution in [0, 0.1) is 0 Å². The molecule has 0 atom stereocenters. The first kappa shape index (κ1) is 20.5. The van der Waals surface area contributed by atoms with E-state index in [1.54, 1.807) is 12.1 Å². The molecule has 0 saturated carbocycles. The zero-order chi connectivity index (χ0) is 19.9. The second-order valence-electron chi connectivity index (χ2n) is 5.45. The van der Waals surface area contributed by atoms with Crippen molar-refractivity contribution in [3.63, 3.8) is 0 Å². The molecule has 0 radical (unpaired) electrons. The Kier molecular flexibility index (Phi) is 7.03. The molecule has 2 rings (SSSR count). The number of ether oxygens (including phenoxy) is 3. The maximum Gasteiger partial charge on any atom is 0.262 e. The van der Waals surface area contributed by atoms with Crippen LogP contribution in [0.1, 0.15) is 10.4 Å². The largest absolute Gasteiger partial charge is 0.497 e. The van der Waals surface area contributed by atoms with Gasteiger partial charge >= 0.3 is 0 Å². The molecule has 8 nitrogen and oxygen atoms in total. The fourth-order valence-electron chi connectivity index (χ4n) is 2.26. The fraction of sp³-hybridized carbons (Fsp3) is 0.278. The van der Waals surface area contributed by atoms with Crippen molar-refractivity contribution in [2.45, 2.75) is 4.90 Å². The smallest absolute Gasteiger partial charge is 0.262 e. The molecule has 1 amide bonds. The average Bonchev–Trinajstić information content (AvgIpc) is 2.68. The molecule has 0 fully saturated rings. The summed E-state index contributed by atoms with van der Waals surface area (Å²) >= 11 is 0. The number of carbonyl (C=O) groups excluding carboxylic acids is 1. The lowest BCUT2D eigenvalue weighted by Gasteiger charge is -2.13. The van der Waals surface area contributed by atoms with Gasteiger partial charge in [0.05, 0.1) is 31.4 Å². The third-order valence-corrected chi connectivity index (χ3v) is 5.01. The van der Waals surface area contributed by atoms with Crippen LogP contribution >= 0.6 is 0 Å². The number of anilines is 1. The van der Waals surface area contributed by atoms with E-state index in [1.807, 2.05) is 0 Å². The molecule has 27 heavy (non-hydrogen) atoms. The number of sulfonamides is 1. The summed E-state index contributed by atoms with van der Waals surface area (Å²) < 4.78 is 43.1. The molecule has 0 spiro atoms. The fourth-order valence-corrected chi connectivity index (χ4v) is 3.38. The van der Waals surface area contributed by atoms with Crippen LogP contribution in [0.15, 0.2) is 47.4 Å². The quantitative estimate of drug-likeness (QED) is 0.630. The normalized spacial score (nSPS) is 10.9. The Balaban J connectivity index is 2.24. The Morgan fingerprint density at radius 3 is 2.48 bits per heavy atom. The van der Waals surface area contributed by atoms with E-state index in [9.17, 15) is 13.2 Å². The van der Waals surface area contributed by atoms with E-state index in [0.717, 1.165) is 0 Å². The van der Waals surface area contributed by atoms with E-state index in [4.69, 9.17) is 14.2 Å². The molecule has 0 unspecified atom stereocenters. The number of hydrogen-bond donors (Lipinski definition) is 2. The van der Waals surface area contributed by atoms with Gasteiger partial charge in [0.1, 0.15) is 11.5 Å². The molecule has 0 bridgehead atoms. The first-order valence-electron chi connectivity index (χ1n) is 8.03. The van der Waals surface area contributed by atoms with E-state index >= 15 is 0 Å². The standard InChI is InChI=1S/C18H22N2O6S/c1-24-10-9-19-18(21)13-5-4-6-15(11-13)27(22,23)20-16-8-7-14(25-2)12-17(16)26-3/h4-8,11-12,20H,9-10H2,1-3H3,(H,19,21). The Labute approximate surface area is 158 Å². The molecule has 2 aromatic carbocycles. The highest BCUT2D eigenvalue weighted by Gasteiger charge is 2.18. The molecular weight excluding hydrogens is 372 g/mol. The van der Waals surface area contributed by atoms with Gasteiger partial charge in [-0.3, -0.25) is 9.52 Å². The van der Waals surface area contributed by atoms with Crippen molar-refractivity contribution in [1.82, 2.24) is 5.32 Å². The van der Waals surface area contributed by atoms with Crippen molar-refractivity contribution in [2.75, 3.05) is 39.2 Å². The van der Waals surface area contributed by atoms with E-state index in [2.05, 4.69) is 10.0 Å². The summed E-state index contributed by atoms with van der Waals surface area (Å²) in [7, 11) is 0.534. The molecular formula is C18H22N2O6S. The van der Waals surface area contributed by atoms with Crippen molar-refractivity contribution in [3.8, 4) is 11.5 Å². The summed E-state index contributed by atoms with van der Waals surface area (Å²) in [5.74, 6) is 0.460. The summed E-state index contributed by atoms with van der Waals surface area (Å²) in [6, 6.07) is 10.5. The van der Waals surface area contributed by atoms with Gasteiger partial charge in [0.25, 0.3) is 15.9 Å². The highest BCUT2D eigenvalue weighted by atomic mass is 32.2. The lowest BCUT2D eigenvalue weighted by Crippen LogP contribution is -2.27. The molecule has 146 valence electrons. The van der Waals surface area contributed by atoms with Crippen molar-refractivity contribution in [3.05, 3.63) is 48.0 Å². The maximum absolute atomic E-state index is 12.7. The summed E-state index contributed by atoms with van der Waals surface area (Å²) in [4.78, 5) is 12.1. The van der Waals surface area contributed by atoms with Gasteiger partial charge in [-0.05, 0) is 30.3 Å². The van der Waals surface area contributed by atoms with Crippen molar-refractivity contribution < 1.29 is 27.4 Å². The van der Waals surface area contributed by atoms with Crippen LogP contribution in [0.3, 0.4) is 0 Å². The third kappa shape index (κ3) is 5.35. The van der Waals surface area contributed by atoms with Crippen LogP contribution < -0.4 is 19.5 Å². The zero-order valence-electron chi connectivity index (χ0n) is 15.3. The minimum atomic E-state index is -3.92. The summed E-state index contributed by atoms with van der Waals surface area (Å²) in [6.45, 7) is 0.691. The topological polar surface area (TPSA) is 103 Å². The number of rotatable bonds is 9. The summed E-state index contributed by atoms with van der Waals surface area (Å²) in [5.41, 5.74) is 0.490. The first-order chi connectivity index (χ1) is 12.9. The van der Waals surface area contributed by atoms with Gasteiger partial charge in [0.15, 0.2) is 0 Å². The van der Waals surface area contributed by atoms with Crippen LogP contribution in [0.5, 0.6) is 11.5 Å². The number of nitrogens with one attached hydrogen (secondary N) is 2. The molecule has 0 aliphatic heterocycles. The van der Waals surface area contributed by atoms with Gasteiger partial charge in [0.2, 0.25) is 0 Å². The van der Waals surface area contributed by atoms with Crippen LogP contribution in [-0.4, -0.2) is 48.8 Å². The van der Waals surface area contributed by atoms with Crippen molar-refractivity contribution in [2.24, 2.45) is 0 Å². The maximum atomic E-state index is 12.7. The Morgan fingerprint density at radius 2 is 1.81 bits per heavy atom. The number of hydrogen-bond acceptors (Lipinski definition) is 6. The summed E-state index contributed by atoms with van der Waals surface area (Å²) in [5, 5.41) is 2.65. The minimum Gasteiger partial charge on any atom is -0.497 e. The molecule has 2 N–H and O–H groups in total. The highest BCUT2D eigenvalue weighted by Crippen LogP contribution is 2.30. The van der Waals surface area contributed by atoms with Gasteiger partial charge in [-0.2, -0.15) is 0 Å². The first-order valence-corrected chi connectivity index (χ1v) is 9.51. The lowest BCUT2D eigenvalue weighted by atomic mass is 10.2. The molecule has 0 aliphatic carbocycles. The van der Waals surface area contributed by atoms with E-state index in [0.29, 0.717) is 24.7 Å². The molecule has 0 heterocycles. The van der Waals surface area contributed by atoms with E-state index in [-0.39, 0.29) is 22.1 Å². The molecule has 0 aromatic heterocycles. The van der Waals surface area contributed by atoms with Crippen molar-refractivity contribution in [1.29, 1.82) is 0 Å². The van der Waals surface area contributed by atoms with Crippen LogP contribution in [-0.2, 0) is 14.8 Å². The van der Waals surface area contributed by atoms with Gasteiger partial charge < -0.3 is 19.5 Å². The number of amides is 1. The minimum absolute atomic E-state index is 0.0419. The Hall–Kier alpha value is -2.78. The number of carbonyl (C=O) groups is 1. The average molecular weight is 394 g/mol. The lowest BCUT2D eigenvalue weighted by molar-refractivity contribution is 0.0937.